The first-order chi connectivity index (χ1) is 59.6. The van der Waals surface area contributed by atoms with Crippen LogP contribution in [0.25, 0.3) is 8.25 Å². The number of carbonyl (C=O) groups is 1. The largest absolute Gasteiger partial charge is 0.460 e. The van der Waals surface area contributed by atoms with Crippen LogP contribution in [-0.2, 0) is 77.5 Å². The smallest absolute Gasteiger partial charge is 0.444 e. The van der Waals surface area contributed by atoms with Crippen molar-refractivity contribution in [2.45, 2.75) is 189 Å². The second-order valence-electron chi connectivity index (χ2n) is 32.3. The first-order valence-electron chi connectivity index (χ1n) is 41.4. The predicted octanol–water partition coefficient (Wildman–Crippen LogP) is 24.0. The number of benzene rings is 10. The fourth-order valence-corrected chi connectivity index (χ4v) is 27.5. The van der Waals surface area contributed by atoms with Crippen LogP contribution in [0.15, 0.2) is 346 Å². The summed E-state index contributed by atoms with van der Waals surface area (Å²) in [5, 5.41) is -4.68. The number of amides is 1. The summed E-state index contributed by atoms with van der Waals surface area (Å²) in [6.45, 7) is 12.2. The molecule has 5 fully saturated rings. The van der Waals surface area contributed by atoms with Crippen molar-refractivity contribution < 1.29 is 82.7 Å². The van der Waals surface area contributed by atoms with E-state index in [4.69, 9.17) is 4.74 Å². The average Bonchev–Trinajstić information content (AvgIpc) is 0.722. The van der Waals surface area contributed by atoms with Crippen LogP contribution < -0.4 is 5.32 Å². The van der Waals surface area contributed by atoms with Crippen LogP contribution in [0.2, 0.25) is 0 Å². The molecule has 678 valence electrons. The van der Waals surface area contributed by atoms with E-state index in [-0.39, 0.29) is 49.8 Å². The maximum atomic E-state index is 13.7. The monoisotopic (exact) mass is 1870 g/mol. The quantitative estimate of drug-likeness (QED) is 0.0276. The normalized spacial score (nSPS) is 17.4. The fourth-order valence-electron chi connectivity index (χ4n) is 15.3. The Hall–Kier alpha value is -8.47. The first kappa shape index (κ1) is 101. The summed E-state index contributed by atoms with van der Waals surface area (Å²) >= 11 is 0. The zero-order chi connectivity index (χ0) is 91.5. The molecule has 4 aliphatic carbocycles. The third kappa shape index (κ3) is 29.8. The minimum atomic E-state index is -7.52. The molecule has 10 aromatic carbocycles. The Labute approximate surface area is 746 Å². The van der Waals surface area contributed by atoms with Crippen molar-refractivity contribution in [3.05, 3.63) is 306 Å². The number of alkyl halides is 9. The van der Waals surface area contributed by atoms with E-state index in [9.17, 15) is 78.0 Å². The van der Waals surface area contributed by atoms with Crippen molar-refractivity contribution in [3.8, 4) is 0 Å². The third-order valence-electron chi connectivity index (χ3n) is 21.0. The number of carbonyl (C=O) groups excluding carboxylic acids is 1. The highest BCUT2D eigenvalue weighted by Gasteiger charge is 2.84. The van der Waals surface area contributed by atoms with Crippen molar-refractivity contribution >= 4 is 84.6 Å². The van der Waals surface area contributed by atoms with Crippen molar-refractivity contribution in [1.29, 1.82) is 0 Å². The summed E-state index contributed by atoms with van der Waals surface area (Å²) in [5.41, 5.74) is -0.874. The molecule has 1 aliphatic heterocycles. The average molecular weight is 1880 g/mol. The van der Waals surface area contributed by atoms with Gasteiger partial charge in [-0.25, -0.2) is 38.5 Å². The zero-order valence-corrected chi connectivity index (χ0v) is 76.8. The van der Waals surface area contributed by atoms with Crippen molar-refractivity contribution in [2.75, 3.05) is 57.1 Å². The predicted molar refractivity (Wildman–Crippen MR) is 486 cm³/mol. The van der Waals surface area contributed by atoms with Crippen LogP contribution in [-0.4, -0.2) is 130 Å². The van der Waals surface area contributed by atoms with E-state index < -0.39 is 86.2 Å². The lowest BCUT2D eigenvalue weighted by Crippen LogP contribution is -2.63. The van der Waals surface area contributed by atoms with E-state index in [0.717, 1.165) is 51.4 Å². The highest BCUT2D eigenvalue weighted by atomic mass is 32.3. The lowest BCUT2D eigenvalue weighted by molar-refractivity contribution is -0.382. The van der Waals surface area contributed by atoms with Gasteiger partial charge in [0.2, 0.25) is 0 Å². The Kier molecular flexibility index (Phi) is 37.1. The number of nitrogens with zero attached hydrogens (tertiary/aromatic N) is 4. The van der Waals surface area contributed by atoms with Gasteiger partial charge in [0.25, 0.3) is 0 Å². The minimum Gasteiger partial charge on any atom is -0.444 e. The van der Waals surface area contributed by atoms with Gasteiger partial charge in [0, 0.05) is 48.3 Å². The van der Waals surface area contributed by atoms with Gasteiger partial charge in [-0.05, 0) is 243 Å². The highest BCUT2D eigenvalue weighted by molar-refractivity contribution is 8.13. The Morgan fingerprint density at radius 1 is 0.397 bits per heavy atom. The van der Waals surface area contributed by atoms with Crippen LogP contribution in [0.3, 0.4) is 0 Å². The fraction of sp³-hybridized carbons (Fsp3) is 0.358. The molecule has 1 N–H and O–H groups in total. The number of halogens is 9. The summed E-state index contributed by atoms with van der Waals surface area (Å²) in [7, 11) is -16.9. The van der Waals surface area contributed by atoms with E-state index in [0.29, 0.717) is 49.1 Å². The van der Waals surface area contributed by atoms with Gasteiger partial charge in [-0.1, -0.05) is 203 Å². The topological polar surface area (TPSA) is 210 Å². The van der Waals surface area contributed by atoms with Crippen molar-refractivity contribution in [1.82, 2.24) is 9.80 Å². The van der Waals surface area contributed by atoms with E-state index in [1.807, 2.05) is 0 Å². The zero-order valence-electron chi connectivity index (χ0n) is 71.1. The summed E-state index contributed by atoms with van der Waals surface area (Å²) in [5.74, 6) is -15.4. The SMILES string of the molecule is CCCCCCCCS(=O)(=O)[N-]S(=O)(=O)c1ccc(NC(=O)OC(C)(C)C)cc1.CN1CCN(C)CC1.O=S(=O)(CCC12CC3CC(CC(C3)C1)C2)[N-]S(=O)(=O)C(F)(F)C(F)(F)C(F)(F)C(F)(F)F.c1ccc([S+](c2ccccc2)c2ccccc2)cc1.c1ccc([S+](c2ccccc2)c2ccccc2)cc1.c1ccc([S+](c2ccccc2)c2ccccc2)cc1. The van der Waals surface area contributed by atoms with E-state index in [1.54, 1.807) is 24.9 Å². The number of ether oxygens (including phenoxy) is 1. The summed E-state index contributed by atoms with van der Waals surface area (Å²) in [6.07, 6.45) is 1.85. The molecule has 1 heterocycles. The van der Waals surface area contributed by atoms with Crippen LogP contribution in [0.5, 0.6) is 0 Å². The summed E-state index contributed by atoms with van der Waals surface area (Å²) < 4.78 is 222. The van der Waals surface area contributed by atoms with E-state index >= 15 is 0 Å². The number of piperazine rings is 1. The number of unbranched alkanes of at least 4 members (excludes halogenated alkanes) is 5. The van der Waals surface area contributed by atoms with E-state index in [2.05, 4.69) is 313 Å². The molecule has 31 heteroatoms. The maximum absolute atomic E-state index is 13.7. The van der Waals surface area contributed by atoms with Gasteiger partial charge < -0.3 is 22.8 Å². The van der Waals surface area contributed by atoms with E-state index in [1.165, 1.54) is 94.5 Å². The molecule has 0 atom stereocenters. The molecule has 0 aromatic heterocycles. The molecule has 126 heavy (non-hydrogen) atoms. The number of sulfonamides is 4. The van der Waals surface area contributed by atoms with Crippen LogP contribution in [0.4, 0.5) is 50.0 Å². The van der Waals surface area contributed by atoms with Gasteiger partial charge >= 0.3 is 29.4 Å². The van der Waals surface area contributed by atoms with Crippen molar-refractivity contribution in [2.24, 2.45) is 23.2 Å². The van der Waals surface area contributed by atoms with Crippen LogP contribution >= 0.6 is 0 Å². The number of likely N-dealkylation sites (N-methyl/N-ethyl adjacent to an activating group) is 2. The standard InChI is InChI=1S/C19H31N2O6S2.3C18H15S.C16H19F9NO4S2.C6H14N2/c1-5-6-7-8-9-10-15-28(23,24)21-29(25,26)17-13-11-16(12-14-17)20-18(22)27-19(2,3)4;3*1-4-10-16(11-5-1)19(17-12-6-2-7-13-17)18-14-8-3-9-15-18;17-13(18,15(21,22)23)14(19,20)16(24,25)32(29,30)26-31(27,28)2-1-12-6-9-3-10(7-12)5-11(4-9)8-12;1-7-3-5-8(2)6-4-7/h11-14H,5-10,15H2,1-4H3,(H,20,22);3*1-15H;9-11H,1-8H2;3-6H2,1-2H3/q-1;3*+1;-1;. The van der Waals surface area contributed by atoms with Gasteiger partial charge in [-0.2, -0.15) is 39.5 Å². The van der Waals surface area contributed by atoms with Crippen molar-refractivity contribution in [3.63, 3.8) is 0 Å². The number of rotatable bonds is 28. The molecular weight excluding hydrogens is 1770 g/mol. The molecule has 15 rings (SSSR count). The number of anilines is 1. The Balaban J connectivity index is 0.000000177. The molecular formula is C95H109F9N5O10S7+. The van der Waals surface area contributed by atoms with Gasteiger partial charge in [-0.15, -0.1) is 0 Å². The highest BCUT2D eigenvalue weighted by Crippen LogP contribution is 2.62. The van der Waals surface area contributed by atoms with Gasteiger partial charge in [0.1, 0.15) is 15.6 Å². The number of hydrogen-bond donors (Lipinski definition) is 1. The molecule has 4 bridgehead atoms. The Morgan fingerprint density at radius 2 is 0.675 bits per heavy atom. The van der Waals surface area contributed by atoms with Crippen LogP contribution in [0, 0.1) is 23.2 Å². The molecule has 4 saturated carbocycles. The Bertz CT molecular complexity index is 4820. The number of hydrogen-bond acceptors (Lipinski definition) is 12. The lowest BCUT2D eigenvalue weighted by Gasteiger charge is -2.57. The van der Waals surface area contributed by atoms with Gasteiger partial charge in [0.15, 0.2) is 54.1 Å². The Morgan fingerprint density at radius 3 is 0.952 bits per heavy atom. The molecule has 10 aromatic rings. The van der Waals surface area contributed by atoms with Crippen LogP contribution in [0.1, 0.15) is 111 Å². The maximum Gasteiger partial charge on any atom is 0.460 e. The van der Waals surface area contributed by atoms with Gasteiger partial charge in [-0.3, -0.25) is 5.32 Å². The lowest BCUT2D eigenvalue weighted by atomic mass is 9.49. The molecule has 0 radical (unpaired) electrons. The summed E-state index contributed by atoms with van der Waals surface area (Å²) in [4.78, 5) is 28.4. The molecule has 1 amide bonds. The third-order valence-corrected chi connectivity index (χ3v) is 34.4. The molecule has 15 nitrogen and oxygen atoms in total. The molecule has 0 spiro atoms. The molecule has 0 unspecified atom stereocenters. The first-order valence-corrected chi connectivity index (χ1v) is 51.2. The summed E-state index contributed by atoms with van der Waals surface area (Å²) in [6, 6.07) is 102. The minimum absolute atomic E-state index is 0.0146. The molecule has 5 aliphatic rings. The molecule has 1 saturated heterocycles. The number of nitrogens with one attached hydrogen (secondary N) is 1. The second-order valence-corrected chi connectivity index (χ2v) is 45.6. The van der Waals surface area contributed by atoms with Gasteiger partial charge in [0.05, 0.1) is 52.7 Å². The second kappa shape index (κ2) is 46.2.